The first kappa shape index (κ1) is 14.1. The maximum atomic E-state index is 12.2. The lowest BCUT2D eigenvalue weighted by Gasteiger charge is -2.32. The summed E-state index contributed by atoms with van der Waals surface area (Å²) >= 11 is 0. The fourth-order valence-corrected chi connectivity index (χ4v) is 1.99. The molecule has 1 fully saturated rings. The molecule has 17 heavy (non-hydrogen) atoms. The van der Waals surface area contributed by atoms with E-state index in [0.717, 1.165) is 0 Å². The van der Waals surface area contributed by atoms with E-state index in [9.17, 15) is 14.7 Å². The monoisotopic (exact) mass is 242 g/mol. The van der Waals surface area contributed by atoms with Gasteiger partial charge in [0.05, 0.1) is 18.2 Å². The molecule has 98 valence electrons. The average molecular weight is 242 g/mol. The first-order valence-electron chi connectivity index (χ1n) is 5.89. The molecule has 0 unspecified atom stereocenters. The van der Waals surface area contributed by atoms with Gasteiger partial charge in [-0.15, -0.1) is 0 Å². The van der Waals surface area contributed by atoms with Crippen LogP contribution < -0.4 is 5.73 Å². The van der Waals surface area contributed by atoms with Crippen LogP contribution in [0.3, 0.4) is 0 Å². The smallest absolute Gasteiger partial charge is 0.240 e. The molecule has 3 atom stereocenters. The van der Waals surface area contributed by atoms with Gasteiger partial charge < -0.3 is 15.7 Å². The van der Waals surface area contributed by atoms with Gasteiger partial charge in [0.2, 0.25) is 5.91 Å². The zero-order valence-electron chi connectivity index (χ0n) is 10.9. The number of nitrogens with two attached hydrogens (primary N) is 1. The van der Waals surface area contributed by atoms with Crippen LogP contribution in [0.5, 0.6) is 0 Å². The van der Waals surface area contributed by atoms with Crippen LogP contribution in [-0.4, -0.2) is 46.4 Å². The minimum Gasteiger partial charge on any atom is -0.391 e. The second-order valence-corrected chi connectivity index (χ2v) is 5.85. The van der Waals surface area contributed by atoms with Gasteiger partial charge in [-0.2, -0.15) is 0 Å². The molecule has 0 aliphatic carbocycles. The first-order chi connectivity index (χ1) is 7.64. The number of carbonyl (C=O) groups excluding carboxylic acids is 2. The Bertz CT molecular complexity index is 322. The number of likely N-dealkylation sites (tertiary alicyclic amines) is 1. The lowest BCUT2D eigenvalue weighted by Crippen LogP contribution is -2.53. The van der Waals surface area contributed by atoms with Gasteiger partial charge in [0.1, 0.15) is 0 Å². The van der Waals surface area contributed by atoms with Gasteiger partial charge in [-0.1, -0.05) is 20.8 Å². The van der Waals surface area contributed by atoms with Crippen molar-refractivity contribution in [3.8, 4) is 0 Å². The van der Waals surface area contributed by atoms with Crippen molar-refractivity contribution in [1.82, 2.24) is 4.90 Å². The van der Waals surface area contributed by atoms with Gasteiger partial charge in [0.25, 0.3) is 0 Å². The second kappa shape index (κ2) is 4.74. The minimum atomic E-state index is -0.658. The molecule has 3 N–H and O–H groups in total. The summed E-state index contributed by atoms with van der Waals surface area (Å²) in [4.78, 5) is 25.0. The van der Waals surface area contributed by atoms with Gasteiger partial charge >= 0.3 is 0 Å². The van der Waals surface area contributed by atoms with E-state index in [1.165, 1.54) is 11.8 Å². The molecule has 1 heterocycles. The van der Waals surface area contributed by atoms with Crippen molar-refractivity contribution in [2.45, 2.75) is 52.3 Å². The number of Topliss-reactive ketones (excluding diaryl/α,β-unsaturated/α-hetero) is 1. The Balaban J connectivity index is 2.84. The Morgan fingerprint density at radius 3 is 2.35 bits per heavy atom. The molecular formula is C12H22N2O3. The highest BCUT2D eigenvalue weighted by molar-refractivity contribution is 5.90. The highest BCUT2D eigenvalue weighted by Gasteiger charge is 2.41. The van der Waals surface area contributed by atoms with E-state index in [1.54, 1.807) is 0 Å². The summed E-state index contributed by atoms with van der Waals surface area (Å²) in [7, 11) is 0. The van der Waals surface area contributed by atoms with Crippen LogP contribution in [-0.2, 0) is 9.59 Å². The van der Waals surface area contributed by atoms with Gasteiger partial charge in [-0.05, 0) is 12.3 Å². The van der Waals surface area contributed by atoms with Crippen molar-refractivity contribution >= 4 is 11.7 Å². The molecule has 1 saturated heterocycles. The molecule has 0 aromatic carbocycles. The van der Waals surface area contributed by atoms with E-state index in [4.69, 9.17) is 5.73 Å². The summed E-state index contributed by atoms with van der Waals surface area (Å²) in [6, 6.07) is -1.18. The van der Waals surface area contributed by atoms with Crippen molar-refractivity contribution in [2.75, 3.05) is 6.54 Å². The van der Waals surface area contributed by atoms with Crippen LogP contribution >= 0.6 is 0 Å². The lowest BCUT2D eigenvalue weighted by atomic mass is 9.86. The molecule has 0 aromatic heterocycles. The molecule has 5 heteroatoms. The molecule has 0 saturated carbocycles. The number of rotatable bonds is 2. The standard InChI is InChI=1S/C12H22N2O3/c1-7(15)9-5-8(16)6-14(9)11(17)10(13)12(2,3)4/h8-10,16H,5-6,13H2,1-4H3/t8-,9+,10-/m1/s1. The topological polar surface area (TPSA) is 83.6 Å². The molecule has 1 aliphatic heterocycles. The van der Waals surface area contributed by atoms with Crippen molar-refractivity contribution in [3.63, 3.8) is 0 Å². The number of aliphatic hydroxyl groups excluding tert-OH is 1. The molecular weight excluding hydrogens is 220 g/mol. The maximum absolute atomic E-state index is 12.2. The van der Waals surface area contributed by atoms with E-state index in [1.807, 2.05) is 20.8 Å². The number of ketones is 1. The number of β-amino-alcohol motifs (C(OH)–C–C–N with tert-alkyl or cyclic N) is 1. The molecule has 0 bridgehead atoms. The first-order valence-corrected chi connectivity index (χ1v) is 5.89. The molecule has 0 spiro atoms. The summed E-state index contributed by atoms with van der Waals surface area (Å²) in [5.74, 6) is -0.356. The summed E-state index contributed by atoms with van der Waals surface area (Å²) in [5.41, 5.74) is 5.54. The zero-order chi connectivity index (χ0) is 13.4. The van der Waals surface area contributed by atoms with E-state index in [-0.39, 0.29) is 23.7 Å². The molecule has 1 amide bonds. The van der Waals surface area contributed by atoms with Crippen LogP contribution in [0.25, 0.3) is 0 Å². The van der Waals surface area contributed by atoms with Gasteiger partial charge in [0, 0.05) is 13.0 Å². The van der Waals surface area contributed by atoms with Crippen molar-refractivity contribution in [3.05, 3.63) is 0 Å². The van der Waals surface area contributed by atoms with E-state index in [0.29, 0.717) is 6.42 Å². The zero-order valence-corrected chi connectivity index (χ0v) is 10.9. The number of aliphatic hydroxyl groups is 1. The summed E-state index contributed by atoms with van der Waals surface area (Å²) < 4.78 is 0. The molecule has 1 aliphatic rings. The van der Waals surface area contributed by atoms with E-state index in [2.05, 4.69) is 0 Å². The summed E-state index contributed by atoms with van der Waals surface area (Å²) in [6.45, 7) is 7.28. The highest BCUT2D eigenvalue weighted by Crippen LogP contribution is 2.24. The normalized spacial score (nSPS) is 27.1. The van der Waals surface area contributed by atoms with Crippen LogP contribution in [0.1, 0.15) is 34.1 Å². The number of hydrogen-bond donors (Lipinski definition) is 2. The third kappa shape index (κ3) is 3.04. The number of carbonyl (C=O) groups is 2. The maximum Gasteiger partial charge on any atom is 0.240 e. The Kier molecular flexibility index (Phi) is 3.94. The van der Waals surface area contributed by atoms with Crippen molar-refractivity contribution in [1.29, 1.82) is 0 Å². The van der Waals surface area contributed by atoms with Crippen molar-refractivity contribution < 1.29 is 14.7 Å². The number of amides is 1. The highest BCUT2D eigenvalue weighted by atomic mass is 16.3. The van der Waals surface area contributed by atoms with Gasteiger partial charge in [0.15, 0.2) is 5.78 Å². The fourth-order valence-electron chi connectivity index (χ4n) is 1.99. The Morgan fingerprint density at radius 2 is 1.94 bits per heavy atom. The molecule has 1 rings (SSSR count). The van der Waals surface area contributed by atoms with E-state index < -0.39 is 18.2 Å². The molecule has 0 radical (unpaired) electrons. The third-order valence-corrected chi connectivity index (χ3v) is 3.23. The number of hydrogen-bond acceptors (Lipinski definition) is 4. The number of nitrogens with zero attached hydrogens (tertiary/aromatic N) is 1. The second-order valence-electron chi connectivity index (χ2n) is 5.85. The fraction of sp³-hybridized carbons (Fsp3) is 0.833. The molecule has 0 aromatic rings. The lowest BCUT2D eigenvalue weighted by molar-refractivity contribution is -0.140. The minimum absolute atomic E-state index is 0.101. The van der Waals surface area contributed by atoms with Crippen LogP contribution in [0.2, 0.25) is 0 Å². The van der Waals surface area contributed by atoms with E-state index >= 15 is 0 Å². The average Bonchev–Trinajstić information content (AvgIpc) is 2.56. The predicted octanol–water partition coefficient (Wildman–Crippen LogP) is -0.0894. The quantitative estimate of drug-likeness (QED) is 0.709. The SMILES string of the molecule is CC(=O)[C@@H]1C[C@@H](O)CN1C(=O)[C@@H](N)C(C)(C)C. The van der Waals surface area contributed by atoms with Gasteiger partial charge in [-0.3, -0.25) is 9.59 Å². The Morgan fingerprint density at radius 1 is 1.41 bits per heavy atom. The molecule has 5 nitrogen and oxygen atoms in total. The van der Waals surface area contributed by atoms with Crippen LogP contribution in [0, 0.1) is 5.41 Å². The Hall–Kier alpha value is -0.940. The summed E-state index contributed by atoms with van der Waals surface area (Å²) in [6.07, 6.45) is -0.308. The largest absolute Gasteiger partial charge is 0.391 e. The van der Waals surface area contributed by atoms with Crippen LogP contribution in [0.15, 0.2) is 0 Å². The van der Waals surface area contributed by atoms with Gasteiger partial charge in [-0.25, -0.2) is 0 Å². The third-order valence-electron chi connectivity index (χ3n) is 3.23. The summed E-state index contributed by atoms with van der Waals surface area (Å²) in [5, 5.41) is 9.57. The van der Waals surface area contributed by atoms with Crippen molar-refractivity contribution in [2.24, 2.45) is 11.1 Å². The predicted molar refractivity (Wildman–Crippen MR) is 64.2 cm³/mol. The van der Waals surface area contributed by atoms with Crippen LogP contribution in [0.4, 0.5) is 0 Å². The Labute approximate surface area is 102 Å².